The number of hydrogen-bond donors (Lipinski definition) is 0. The molecule has 0 amide bonds. The van der Waals surface area contributed by atoms with E-state index in [1.807, 2.05) is 6.07 Å². The van der Waals surface area contributed by atoms with Crippen LogP contribution >= 0.6 is 11.6 Å². The number of hydrogen-bond acceptors (Lipinski definition) is 1. The Hall–Kier alpha value is -0.700. The van der Waals surface area contributed by atoms with Crippen molar-refractivity contribution in [3.63, 3.8) is 0 Å². The fourth-order valence-electron chi connectivity index (χ4n) is 4.28. The highest BCUT2D eigenvalue weighted by atomic mass is 35.5. The maximum absolute atomic E-state index is 6.24. The normalized spacial score (nSPS) is 20.7. The average molecular weight is 339 g/mol. The van der Waals surface area contributed by atoms with Crippen molar-refractivity contribution in [2.24, 2.45) is 0 Å². The number of nitrogens with zero attached hydrogens (tertiary/aromatic N) is 2. The smallest absolute Gasteiger partial charge is 1.00 e. The topological polar surface area (TPSA) is 8.17 Å². The number of aryl methyl sites for hydroxylation is 1. The van der Waals surface area contributed by atoms with Gasteiger partial charge in [0.15, 0.2) is 0 Å². The zero-order valence-corrected chi connectivity index (χ0v) is 14.6. The van der Waals surface area contributed by atoms with E-state index in [2.05, 4.69) is 28.5 Å². The van der Waals surface area contributed by atoms with Crippen molar-refractivity contribution in [3.8, 4) is 0 Å². The Kier molecular flexibility index (Phi) is 4.72. The first-order valence-corrected chi connectivity index (χ1v) is 8.72. The molecule has 120 valence electrons. The predicted octanol–water partition coefficient (Wildman–Crippen LogP) is 1.90. The van der Waals surface area contributed by atoms with Crippen LogP contribution in [0, 0.1) is 0 Å². The number of rotatable bonds is 3. The van der Waals surface area contributed by atoms with Crippen molar-refractivity contribution in [1.29, 1.82) is 0 Å². The fraction of sp³-hybridized carbons (Fsp3) is 0.556. The molecule has 2 nitrogen and oxygen atoms in total. The minimum Gasteiger partial charge on any atom is -1.00 e. The van der Waals surface area contributed by atoms with E-state index in [0.717, 1.165) is 11.6 Å². The van der Waals surface area contributed by atoms with E-state index in [1.54, 1.807) is 11.3 Å². The minimum atomic E-state index is 0. The molecule has 1 aliphatic carbocycles. The second kappa shape index (κ2) is 6.43. The van der Waals surface area contributed by atoms with Gasteiger partial charge in [-0.15, -0.1) is 0 Å². The number of fused-ring (bicyclic) bond motifs is 3. The lowest BCUT2D eigenvalue weighted by atomic mass is 9.89. The maximum atomic E-state index is 6.24. The zero-order chi connectivity index (χ0) is 14.4. The summed E-state index contributed by atoms with van der Waals surface area (Å²) in [5.74, 6) is 0. The number of benzene rings is 1. The van der Waals surface area contributed by atoms with Crippen LogP contribution in [0.1, 0.15) is 51.3 Å². The Balaban J connectivity index is 0.000000960. The Labute approximate surface area is 145 Å². The van der Waals surface area contributed by atoms with E-state index in [-0.39, 0.29) is 13.8 Å². The summed E-state index contributed by atoms with van der Waals surface area (Å²) in [6.45, 7) is 5.85. The SMILES string of the molecule is CCCCN1CCn2c3c(c4ccc(Cl)cc42)CCCC31.[Cl-].[H+]. The van der Waals surface area contributed by atoms with Gasteiger partial charge in [-0.3, -0.25) is 4.90 Å². The van der Waals surface area contributed by atoms with E-state index in [0.29, 0.717) is 6.04 Å². The van der Waals surface area contributed by atoms with Crippen LogP contribution in [0.5, 0.6) is 0 Å². The number of halogens is 2. The molecule has 0 saturated carbocycles. The van der Waals surface area contributed by atoms with Crippen LogP contribution < -0.4 is 12.4 Å². The van der Waals surface area contributed by atoms with E-state index in [9.17, 15) is 0 Å². The van der Waals surface area contributed by atoms with E-state index < -0.39 is 0 Å². The molecule has 4 rings (SSSR count). The molecule has 2 heterocycles. The zero-order valence-electron chi connectivity index (χ0n) is 14.1. The van der Waals surface area contributed by atoms with Crippen LogP contribution in [0.25, 0.3) is 10.9 Å². The third kappa shape index (κ3) is 2.46. The molecule has 1 aliphatic heterocycles. The number of unbranched alkanes of at least 4 members (excludes halogenated alkanes) is 1. The molecule has 2 aromatic rings. The summed E-state index contributed by atoms with van der Waals surface area (Å²) >= 11 is 6.24. The highest BCUT2D eigenvalue weighted by Crippen LogP contribution is 2.42. The quantitative estimate of drug-likeness (QED) is 0.829. The van der Waals surface area contributed by atoms with Crippen molar-refractivity contribution in [2.75, 3.05) is 13.1 Å². The molecule has 0 bridgehead atoms. The summed E-state index contributed by atoms with van der Waals surface area (Å²) in [5, 5.41) is 2.30. The molecule has 0 N–H and O–H groups in total. The van der Waals surface area contributed by atoms with Gasteiger partial charge in [-0.2, -0.15) is 0 Å². The lowest BCUT2D eigenvalue weighted by Gasteiger charge is -2.40. The van der Waals surface area contributed by atoms with Crippen molar-refractivity contribution in [3.05, 3.63) is 34.5 Å². The monoisotopic (exact) mass is 338 g/mol. The highest BCUT2D eigenvalue weighted by molar-refractivity contribution is 6.31. The predicted molar refractivity (Wildman–Crippen MR) is 90.2 cm³/mol. The second-order valence-corrected chi connectivity index (χ2v) is 6.91. The summed E-state index contributed by atoms with van der Waals surface area (Å²) in [7, 11) is 0. The molecule has 1 atom stereocenters. The number of aromatic nitrogens is 1. The van der Waals surface area contributed by atoms with Crippen molar-refractivity contribution in [1.82, 2.24) is 9.47 Å². The summed E-state index contributed by atoms with van der Waals surface area (Å²) in [6, 6.07) is 7.08. The van der Waals surface area contributed by atoms with Gasteiger partial charge in [0.25, 0.3) is 0 Å². The Morgan fingerprint density at radius 1 is 1.32 bits per heavy atom. The second-order valence-electron chi connectivity index (χ2n) is 6.47. The molecular formula is C18H24Cl2N2. The minimum absolute atomic E-state index is 0. The van der Waals surface area contributed by atoms with Gasteiger partial charge >= 0.3 is 1.43 Å². The van der Waals surface area contributed by atoms with Crippen molar-refractivity contribution < 1.29 is 13.8 Å². The third-order valence-electron chi connectivity index (χ3n) is 5.25. The van der Waals surface area contributed by atoms with Gasteiger partial charge in [0.05, 0.1) is 11.6 Å². The van der Waals surface area contributed by atoms with Crippen LogP contribution in [0.2, 0.25) is 5.02 Å². The molecule has 1 aromatic carbocycles. The molecule has 2 aliphatic rings. The Bertz CT molecular complexity index is 683. The van der Waals surface area contributed by atoms with Gasteiger partial charge in [-0.05, 0) is 49.9 Å². The van der Waals surface area contributed by atoms with E-state index >= 15 is 0 Å². The molecule has 22 heavy (non-hydrogen) atoms. The first-order valence-electron chi connectivity index (χ1n) is 8.34. The van der Waals surface area contributed by atoms with E-state index in [1.165, 1.54) is 56.1 Å². The summed E-state index contributed by atoms with van der Waals surface area (Å²) in [4.78, 5) is 2.72. The molecule has 0 spiro atoms. The van der Waals surface area contributed by atoms with Crippen LogP contribution in [-0.4, -0.2) is 22.6 Å². The molecule has 4 heteroatoms. The first-order chi connectivity index (χ1) is 10.3. The Morgan fingerprint density at radius 3 is 3.00 bits per heavy atom. The molecule has 1 aromatic heterocycles. The van der Waals surface area contributed by atoms with Gasteiger partial charge in [-0.1, -0.05) is 31.0 Å². The maximum Gasteiger partial charge on any atom is 1.00 e. The lowest BCUT2D eigenvalue weighted by molar-refractivity contribution is -0.00000421. The molecule has 0 fully saturated rings. The summed E-state index contributed by atoms with van der Waals surface area (Å²) in [5.41, 5.74) is 4.55. The molecule has 1 unspecified atom stereocenters. The fourth-order valence-corrected chi connectivity index (χ4v) is 4.44. The van der Waals surface area contributed by atoms with Crippen molar-refractivity contribution >= 4 is 22.5 Å². The van der Waals surface area contributed by atoms with E-state index in [4.69, 9.17) is 11.6 Å². The van der Waals surface area contributed by atoms with Gasteiger partial charge in [-0.25, -0.2) is 0 Å². The summed E-state index contributed by atoms with van der Waals surface area (Å²) < 4.78 is 2.56. The Morgan fingerprint density at radius 2 is 2.18 bits per heavy atom. The van der Waals surface area contributed by atoms with Crippen LogP contribution in [0.15, 0.2) is 18.2 Å². The van der Waals surface area contributed by atoms with Crippen LogP contribution in [0.3, 0.4) is 0 Å². The third-order valence-corrected chi connectivity index (χ3v) is 5.48. The van der Waals surface area contributed by atoms with Gasteiger partial charge in [0.2, 0.25) is 0 Å². The van der Waals surface area contributed by atoms with Crippen LogP contribution in [0.4, 0.5) is 0 Å². The molecule has 0 radical (unpaired) electrons. The standard InChI is InChI=1S/C18H23ClN2.ClH/c1-2-3-9-20-10-11-21-17-12-13(19)7-8-14(17)15-5-4-6-16(20)18(15)21;/h7-8,12,16H,2-6,9-11H2,1H3;1H. The summed E-state index contributed by atoms with van der Waals surface area (Å²) in [6.07, 6.45) is 6.48. The largest absolute Gasteiger partial charge is 1.00 e. The lowest BCUT2D eigenvalue weighted by Crippen LogP contribution is -3.00. The molecule has 0 saturated heterocycles. The van der Waals surface area contributed by atoms with Crippen LogP contribution in [-0.2, 0) is 13.0 Å². The average Bonchev–Trinajstić information content (AvgIpc) is 2.82. The first kappa shape index (κ1) is 16.2. The van der Waals surface area contributed by atoms with Crippen molar-refractivity contribution in [2.45, 2.75) is 51.6 Å². The van der Waals surface area contributed by atoms with Gasteiger partial charge in [0.1, 0.15) is 0 Å². The van der Waals surface area contributed by atoms with Gasteiger partial charge < -0.3 is 17.0 Å². The molecular weight excluding hydrogens is 315 g/mol. The van der Waals surface area contributed by atoms with Gasteiger partial charge in [0, 0.05) is 29.2 Å². The highest BCUT2D eigenvalue weighted by Gasteiger charge is 2.34.